The molecular formula is C29H31ClN2O4. The minimum atomic E-state index is -0.643. The van der Waals surface area contributed by atoms with Crippen LogP contribution >= 0.6 is 11.6 Å². The number of carbonyl (C=O) groups is 2. The number of halogens is 1. The van der Waals surface area contributed by atoms with Crippen molar-refractivity contribution >= 4 is 23.4 Å². The van der Waals surface area contributed by atoms with Gasteiger partial charge in [0.2, 0.25) is 11.8 Å². The van der Waals surface area contributed by atoms with Crippen molar-refractivity contribution in [3.8, 4) is 11.5 Å². The van der Waals surface area contributed by atoms with Crippen LogP contribution in [-0.2, 0) is 29.0 Å². The summed E-state index contributed by atoms with van der Waals surface area (Å²) in [6, 6.07) is 22.3. The van der Waals surface area contributed by atoms with E-state index in [-0.39, 0.29) is 18.2 Å². The molecule has 1 N–H and O–H groups in total. The monoisotopic (exact) mass is 506 g/mol. The summed E-state index contributed by atoms with van der Waals surface area (Å²) >= 11 is 6.08. The fraction of sp³-hybridized carbons (Fsp3) is 0.310. The van der Waals surface area contributed by atoms with Gasteiger partial charge in [-0.15, -0.1) is 0 Å². The van der Waals surface area contributed by atoms with Crippen LogP contribution in [0.4, 0.5) is 0 Å². The van der Waals surface area contributed by atoms with Gasteiger partial charge in [0.05, 0.1) is 0 Å². The topological polar surface area (TPSA) is 67.9 Å². The quantitative estimate of drug-likeness (QED) is 0.428. The highest BCUT2D eigenvalue weighted by Gasteiger charge is 2.30. The first kappa shape index (κ1) is 25.6. The van der Waals surface area contributed by atoms with Crippen LogP contribution < -0.4 is 14.8 Å². The number of rotatable bonds is 10. The van der Waals surface area contributed by atoms with E-state index in [0.717, 1.165) is 22.4 Å². The van der Waals surface area contributed by atoms with Gasteiger partial charge in [0.25, 0.3) is 0 Å². The predicted molar refractivity (Wildman–Crippen MR) is 140 cm³/mol. The molecule has 6 nitrogen and oxygen atoms in total. The van der Waals surface area contributed by atoms with Crippen molar-refractivity contribution in [2.75, 3.05) is 19.8 Å². The van der Waals surface area contributed by atoms with Crippen molar-refractivity contribution in [1.82, 2.24) is 10.2 Å². The van der Waals surface area contributed by atoms with Crippen molar-refractivity contribution in [1.29, 1.82) is 0 Å². The van der Waals surface area contributed by atoms with E-state index in [2.05, 4.69) is 5.32 Å². The van der Waals surface area contributed by atoms with Crippen molar-refractivity contribution in [2.45, 2.75) is 38.8 Å². The van der Waals surface area contributed by atoms with E-state index in [9.17, 15) is 9.59 Å². The average Bonchev–Trinajstić information content (AvgIpc) is 2.91. The Morgan fingerprint density at radius 1 is 0.917 bits per heavy atom. The van der Waals surface area contributed by atoms with Crippen LogP contribution in [0.3, 0.4) is 0 Å². The lowest BCUT2D eigenvalue weighted by molar-refractivity contribution is -0.141. The zero-order chi connectivity index (χ0) is 25.3. The van der Waals surface area contributed by atoms with Crippen molar-refractivity contribution < 1.29 is 19.1 Å². The number of ether oxygens (including phenoxy) is 2. The summed E-state index contributed by atoms with van der Waals surface area (Å²) in [7, 11) is 0. The number of likely N-dealkylation sites (N-methyl/N-ethyl adjacent to an activating group) is 1. The number of fused-ring (bicyclic) bond motifs is 1. The van der Waals surface area contributed by atoms with E-state index in [0.29, 0.717) is 49.9 Å². The number of hydrogen-bond acceptors (Lipinski definition) is 4. The van der Waals surface area contributed by atoms with Gasteiger partial charge in [0, 0.05) is 31.0 Å². The van der Waals surface area contributed by atoms with Crippen LogP contribution in [0.1, 0.15) is 30.0 Å². The van der Waals surface area contributed by atoms with E-state index in [1.165, 1.54) is 0 Å². The Labute approximate surface area is 217 Å². The summed E-state index contributed by atoms with van der Waals surface area (Å²) in [4.78, 5) is 28.6. The third-order valence-electron chi connectivity index (χ3n) is 6.12. The molecule has 36 heavy (non-hydrogen) atoms. The van der Waals surface area contributed by atoms with E-state index in [1.807, 2.05) is 67.6 Å². The van der Waals surface area contributed by atoms with Gasteiger partial charge in [0.1, 0.15) is 19.3 Å². The number of benzene rings is 3. The van der Waals surface area contributed by atoms with Gasteiger partial charge in [-0.3, -0.25) is 9.59 Å². The smallest absolute Gasteiger partial charge is 0.243 e. The highest BCUT2D eigenvalue weighted by molar-refractivity contribution is 6.30. The van der Waals surface area contributed by atoms with Crippen LogP contribution in [0.5, 0.6) is 11.5 Å². The van der Waals surface area contributed by atoms with Crippen molar-refractivity contribution in [2.24, 2.45) is 0 Å². The van der Waals surface area contributed by atoms with Crippen molar-refractivity contribution in [3.63, 3.8) is 0 Å². The maximum atomic E-state index is 13.7. The van der Waals surface area contributed by atoms with E-state index < -0.39 is 6.04 Å². The first-order valence-corrected chi connectivity index (χ1v) is 12.7. The molecule has 4 rings (SSSR count). The molecule has 0 aliphatic carbocycles. The summed E-state index contributed by atoms with van der Waals surface area (Å²) in [5, 5.41) is 3.54. The Morgan fingerprint density at radius 3 is 2.33 bits per heavy atom. The minimum absolute atomic E-state index is 0.0907. The largest absolute Gasteiger partial charge is 0.486 e. The van der Waals surface area contributed by atoms with Gasteiger partial charge in [-0.1, -0.05) is 60.1 Å². The van der Waals surface area contributed by atoms with Crippen LogP contribution in [0.2, 0.25) is 5.02 Å². The van der Waals surface area contributed by atoms with Crippen LogP contribution in [0.15, 0.2) is 72.8 Å². The Balaban J connectivity index is 1.57. The lowest BCUT2D eigenvalue weighted by atomic mass is 10.0. The molecule has 3 aromatic rings. The average molecular weight is 507 g/mol. The molecule has 0 saturated carbocycles. The van der Waals surface area contributed by atoms with Gasteiger partial charge >= 0.3 is 0 Å². The molecule has 1 aliphatic heterocycles. The molecule has 1 aliphatic rings. The third kappa shape index (κ3) is 6.79. The summed E-state index contributed by atoms with van der Waals surface area (Å²) in [5.74, 6) is 1.17. The number of hydrogen-bond donors (Lipinski definition) is 1. The molecule has 1 heterocycles. The van der Waals surface area contributed by atoms with Crippen LogP contribution in [-0.4, -0.2) is 42.5 Å². The molecule has 0 spiro atoms. The number of carbonyl (C=O) groups excluding carboxylic acids is 2. The van der Waals surface area contributed by atoms with Gasteiger partial charge < -0.3 is 19.7 Å². The van der Waals surface area contributed by atoms with Gasteiger partial charge in [-0.25, -0.2) is 0 Å². The first-order valence-electron chi connectivity index (χ1n) is 12.3. The van der Waals surface area contributed by atoms with E-state index in [4.69, 9.17) is 21.1 Å². The Kier molecular flexibility index (Phi) is 8.85. The van der Waals surface area contributed by atoms with Crippen LogP contribution in [0.25, 0.3) is 0 Å². The van der Waals surface area contributed by atoms with Gasteiger partial charge in [0.15, 0.2) is 11.5 Å². The molecule has 3 aromatic carbocycles. The molecule has 1 unspecified atom stereocenters. The minimum Gasteiger partial charge on any atom is -0.486 e. The Bertz CT molecular complexity index is 1170. The maximum absolute atomic E-state index is 13.7. The zero-order valence-corrected chi connectivity index (χ0v) is 21.2. The lowest BCUT2D eigenvalue weighted by Crippen LogP contribution is -2.50. The second-order valence-electron chi connectivity index (χ2n) is 8.73. The molecule has 188 valence electrons. The van der Waals surface area contributed by atoms with Gasteiger partial charge in [-0.05, 0) is 54.3 Å². The molecule has 7 heteroatoms. The Hall–Kier alpha value is -3.51. The third-order valence-corrected chi connectivity index (χ3v) is 6.37. The predicted octanol–water partition coefficient (Wildman–Crippen LogP) is 4.82. The summed E-state index contributed by atoms with van der Waals surface area (Å²) in [6.45, 7) is 3.73. The number of aryl methyl sites for hydroxylation is 1. The number of nitrogens with one attached hydrogen (secondary N) is 1. The molecule has 0 aromatic heterocycles. The SMILES string of the molecule is CCNC(=O)C(Cc1ccccc1)N(Cc1ccc(Cl)cc1)C(=O)CCc1ccc2c(c1)OCCO2. The maximum Gasteiger partial charge on any atom is 0.243 e. The van der Waals surface area contributed by atoms with Crippen LogP contribution in [0, 0.1) is 0 Å². The summed E-state index contributed by atoms with van der Waals surface area (Å²) in [5.41, 5.74) is 2.89. The number of nitrogens with zero attached hydrogens (tertiary/aromatic N) is 1. The fourth-order valence-corrected chi connectivity index (χ4v) is 4.40. The summed E-state index contributed by atoms with van der Waals surface area (Å²) < 4.78 is 11.3. The standard InChI is InChI=1S/C29H31ClN2O4/c1-2-31-29(34)25(18-21-6-4-3-5-7-21)32(20-23-8-12-24(30)13-9-23)28(33)15-11-22-10-14-26-27(19-22)36-17-16-35-26/h3-10,12-14,19,25H,2,11,15-18,20H2,1H3,(H,31,34). The molecule has 0 radical (unpaired) electrons. The van der Waals surface area contributed by atoms with E-state index >= 15 is 0 Å². The van der Waals surface area contributed by atoms with Crippen molar-refractivity contribution in [3.05, 3.63) is 94.5 Å². The first-order chi connectivity index (χ1) is 17.5. The summed E-state index contributed by atoms with van der Waals surface area (Å²) in [6.07, 6.45) is 1.22. The highest BCUT2D eigenvalue weighted by Crippen LogP contribution is 2.31. The zero-order valence-electron chi connectivity index (χ0n) is 20.4. The molecule has 1 atom stereocenters. The molecule has 0 fully saturated rings. The van der Waals surface area contributed by atoms with E-state index in [1.54, 1.807) is 17.0 Å². The molecule has 0 bridgehead atoms. The molecular weight excluding hydrogens is 476 g/mol. The number of amides is 2. The molecule has 0 saturated heterocycles. The Morgan fingerprint density at radius 2 is 1.61 bits per heavy atom. The lowest BCUT2D eigenvalue weighted by Gasteiger charge is -2.31. The fourth-order valence-electron chi connectivity index (χ4n) is 4.27. The van der Waals surface area contributed by atoms with Gasteiger partial charge in [-0.2, -0.15) is 0 Å². The highest BCUT2D eigenvalue weighted by atomic mass is 35.5. The normalized spacial score (nSPS) is 13.1. The second-order valence-corrected chi connectivity index (χ2v) is 9.16. The molecule has 2 amide bonds. The second kappa shape index (κ2) is 12.5.